The molecular weight excluding hydrogens is 206 g/mol. The van der Waals surface area contributed by atoms with Gasteiger partial charge >= 0.3 is 0 Å². The van der Waals surface area contributed by atoms with Crippen LogP contribution in [0.3, 0.4) is 0 Å². The van der Waals surface area contributed by atoms with Crippen molar-refractivity contribution in [1.82, 2.24) is 10.6 Å². The Morgan fingerprint density at radius 3 is 2.86 bits per heavy atom. The number of rotatable bonds is 5. The first-order valence-electron chi connectivity index (χ1n) is 4.12. The van der Waals surface area contributed by atoms with Gasteiger partial charge in [-0.05, 0) is 6.26 Å². The van der Waals surface area contributed by atoms with E-state index in [0.29, 0.717) is 24.7 Å². The van der Waals surface area contributed by atoms with Gasteiger partial charge in [-0.25, -0.2) is 0 Å². The lowest BCUT2D eigenvalue weighted by atomic mass is 9.98. The highest BCUT2D eigenvalue weighted by Gasteiger charge is 2.34. The fourth-order valence-corrected chi connectivity index (χ4v) is 1.46. The third-order valence-electron chi connectivity index (χ3n) is 1.94. The van der Waals surface area contributed by atoms with Gasteiger partial charge in [-0.15, -0.1) is 11.8 Å². The Morgan fingerprint density at radius 1 is 1.86 bits per heavy atom. The minimum Gasteiger partial charge on any atom is -0.385 e. The molecule has 80 valence electrons. The van der Waals surface area contributed by atoms with E-state index in [4.69, 9.17) is 0 Å². The van der Waals surface area contributed by atoms with E-state index >= 15 is 0 Å². The van der Waals surface area contributed by atoms with Crippen molar-refractivity contribution in [1.29, 1.82) is 0 Å². The molecular formula is C7H13N3O3S. The first-order valence-corrected chi connectivity index (χ1v) is 5.34. The van der Waals surface area contributed by atoms with Crippen LogP contribution in [-0.4, -0.2) is 41.5 Å². The summed E-state index contributed by atoms with van der Waals surface area (Å²) in [6.45, 7) is 1.39. The monoisotopic (exact) mass is 219 g/mol. The van der Waals surface area contributed by atoms with Gasteiger partial charge in [-0.3, -0.25) is 10.1 Å². The van der Waals surface area contributed by atoms with E-state index in [1.807, 2.05) is 0 Å². The van der Waals surface area contributed by atoms with Crippen LogP contribution in [0.2, 0.25) is 0 Å². The largest absolute Gasteiger partial charge is 0.385 e. The molecule has 0 saturated carbocycles. The molecule has 1 rings (SSSR count). The van der Waals surface area contributed by atoms with Crippen LogP contribution >= 0.6 is 11.8 Å². The molecule has 7 heteroatoms. The zero-order chi connectivity index (χ0) is 10.6. The molecule has 1 aliphatic rings. The fraction of sp³-hybridized carbons (Fsp3) is 0.714. The van der Waals surface area contributed by atoms with E-state index in [0.717, 1.165) is 6.20 Å². The average Bonchev–Trinajstić information content (AvgIpc) is 2.08. The maximum Gasteiger partial charge on any atom is 0.263 e. The Kier molecular flexibility index (Phi) is 3.73. The molecule has 0 aromatic carbocycles. The van der Waals surface area contributed by atoms with E-state index in [-0.39, 0.29) is 0 Å². The summed E-state index contributed by atoms with van der Waals surface area (Å²) in [5, 5.41) is 26.1. The third kappa shape index (κ3) is 3.17. The zero-order valence-electron chi connectivity index (χ0n) is 7.82. The lowest BCUT2D eigenvalue weighted by Crippen LogP contribution is -2.63. The summed E-state index contributed by atoms with van der Waals surface area (Å²) >= 11 is 1.25. The second kappa shape index (κ2) is 4.63. The SMILES string of the molecule is CS/C(=C\[N+](=O)[O-])NCC1(O)CNC1. The number of β-amino-alcohol motifs (C(OH)–C–C–N with tert-alkyl or cyclic N) is 1. The number of hydrogen-bond acceptors (Lipinski definition) is 6. The number of thioether (sulfide) groups is 1. The van der Waals surface area contributed by atoms with Crippen LogP contribution < -0.4 is 10.6 Å². The van der Waals surface area contributed by atoms with E-state index < -0.39 is 10.5 Å². The van der Waals surface area contributed by atoms with E-state index in [1.54, 1.807) is 6.26 Å². The summed E-state index contributed by atoms with van der Waals surface area (Å²) in [7, 11) is 0. The molecule has 0 aromatic heterocycles. The first-order chi connectivity index (χ1) is 6.56. The quantitative estimate of drug-likeness (QED) is 0.420. The summed E-state index contributed by atoms with van der Waals surface area (Å²) in [5.41, 5.74) is -0.759. The lowest BCUT2D eigenvalue weighted by Gasteiger charge is -2.37. The molecule has 6 nitrogen and oxygen atoms in total. The average molecular weight is 219 g/mol. The highest BCUT2D eigenvalue weighted by molar-refractivity contribution is 8.02. The van der Waals surface area contributed by atoms with Crippen molar-refractivity contribution in [3.8, 4) is 0 Å². The van der Waals surface area contributed by atoms with E-state index in [1.165, 1.54) is 11.8 Å². The fourth-order valence-electron chi connectivity index (χ4n) is 1.06. The van der Waals surface area contributed by atoms with Gasteiger partial charge in [0, 0.05) is 19.6 Å². The highest BCUT2D eigenvalue weighted by atomic mass is 32.2. The van der Waals surface area contributed by atoms with Gasteiger partial charge in [0.15, 0.2) is 0 Å². The summed E-state index contributed by atoms with van der Waals surface area (Å²) in [6.07, 6.45) is 2.64. The molecule has 14 heavy (non-hydrogen) atoms. The summed E-state index contributed by atoms with van der Waals surface area (Å²) in [4.78, 5) is 9.67. The van der Waals surface area contributed by atoms with E-state index in [2.05, 4.69) is 10.6 Å². The predicted molar refractivity (Wildman–Crippen MR) is 54.4 cm³/mol. The van der Waals surface area contributed by atoms with Gasteiger partial charge < -0.3 is 15.7 Å². The Morgan fingerprint density at radius 2 is 2.50 bits per heavy atom. The molecule has 0 aromatic rings. The summed E-state index contributed by atoms with van der Waals surface area (Å²) in [5.74, 6) is 0. The number of nitrogens with zero attached hydrogens (tertiary/aromatic N) is 1. The number of nitrogens with one attached hydrogen (secondary N) is 2. The molecule has 0 bridgehead atoms. The zero-order valence-corrected chi connectivity index (χ0v) is 8.63. The molecule has 0 atom stereocenters. The van der Waals surface area contributed by atoms with Crippen LogP contribution in [0.5, 0.6) is 0 Å². The maximum atomic E-state index is 10.2. The molecule has 3 N–H and O–H groups in total. The third-order valence-corrected chi connectivity index (χ3v) is 2.63. The summed E-state index contributed by atoms with van der Waals surface area (Å²) in [6, 6.07) is 0. The van der Waals surface area contributed by atoms with Crippen LogP contribution in [0, 0.1) is 10.1 Å². The van der Waals surface area contributed by atoms with Gasteiger partial charge in [0.1, 0.15) is 10.6 Å². The standard InChI is InChI=1S/C7H13N3O3S/c1-14-6(2-10(12)13)9-5-7(11)3-8-4-7/h2,8-9,11H,3-5H2,1H3/b6-2-. The van der Waals surface area contributed by atoms with Crippen LogP contribution in [0.4, 0.5) is 0 Å². The van der Waals surface area contributed by atoms with Crippen LogP contribution in [-0.2, 0) is 0 Å². The van der Waals surface area contributed by atoms with Gasteiger partial charge in [-0.1, -0.05) is 0 Å². The van der Waals surface area contributed by atoms with Gasteiger partial charge in [-0.2, -0.15) is 0 Å². The Labute approximate surface area is 85.9 Å². The van der Waals surface area contributed by atoms with Gasteiger partial charge in [0.05, 0.1) is 4.92 Å². The minimum absolute atomic E-state index is 0.334. The summed E-state index contributed by atoms with van der Waals surface area (Å²) < 4.78 is 0. The Balaban J connectivity index is 2.37. The van der Waals surface area contributed by atoms with Crippen LogP contribution in [0.15, 0.2) is 11.2 Å². The van der Waals surface area contributed by atoms with Crippen molar-refractivity contribution >= 4 is 11.8 Å². The number of hydrogen-bond donors (Lipinski definition) is 3. The van der Waals surface area contributed by atoms with Gasteiger partial charge in [0.2, 0.25) is 0 Å². The Bertz CT molecular complexity index is 253. The van der Waals surface area contributed by atoms with Crippen molar-refractivity contribution in [2.75, 3.05) is 25.9 Å². The first kappa shape index (κ1) is 11.3. The molecule has 1 aliphatic heterocycles. The smallest absolute Gasteiger partial charge is 0.263 e. The number of nitro groups is 1. The molecule has 0 amide bonds. The van der Waals surface area contributed by atoms with Crippen molar-refractivity contribution < 1.29 is 10.0 Å². The normalized spacial score (nSPS) is 20.0. The van der Waals surface area contributed by atoms with Crippen molar-refractivity contribution in [2.24, 2.45) is 0 Å². The molecule has 1 fully saturated rings. The predicted octanol–water partition coefficient (Wildman–Crippen LogP) is -0.651. The molecule has 0 radical (unpaired) electrons. The van der Waals surface area contributed by atoms with Crippen LogP contribution in [0.1, 0.15) is 0 Å². The maximum absolute atomic E-state index is 10.2. The lowest BCUT2D eigenvalue weighted by molar-refractivity contribution is -0.403. The van der Waals surface area contributed by atoms with Crippen LogP contribution in [0.25, 0.3) is 0 Å². The Hall–Kier alpha value is -0.790. The minimum atomic E-state index is -0.759. The molecule has 0 unspecified atom stereocenters. The topological polar surface area (TPSA) is 87.4 Å². The number of aliphatic hydroxyl groups is 1. The van der Waals surface area contributed by atoms with Crippen molar-refractivity contribution in [3.05, 3.63) is 21.3 Å². The van der Waals surface area contributed by atoms with Crippen molar-refractivity contribution in [3.63, 3.8) is 0 Å². The van der Waals surface area contributed by atoms with E-state index in [9.17, 15) is 15.2 Å². The van der Waals surface area contributed by atoms with Gasteiger partial charge in [0.25, 0.3) is 6.20 Å². The second-order valence-corrected chi connectivity index (χ2v) is 4.01. The highest BCUT2D eigenvalue weighted by Crippen LogP contribution is 2.12. The molecule has 0 aliphatic carbocycles. The second-order valence-electron chi connectivity index (χ2n) is 3.16. The van der Waals surface area contributed by atoms with Crippen molar-refractivity contribution in [2.45, 2.75) is 5.60 Å². The molecule has 1 heterocycles. The molecule has 1 saturated heterocycles. The molecule has 0 spiro atoms.